The second-order valence-corrected chi connectivity index (χ2v) is 8.78. The fourth-order valence-corrected chi connectivity index (χ4v) is 4.01. The quantitative estimate of drug-likeness (QED) is 0.222. The zero-order valence-corrected chi connectivity index (χ0v) is 21.0. The van der Waals surface area contributed by atoms with E-state index in [1.807, 2.05) is 0 Å². The zero-order valence-electron chi connectivity index (χ0n) is 15.2. The van der Waals surface area contributed by atoms with E-state index in [0.717, 1.165) is 0 Å². The van der Waals surface area contributed by atoms with Gasteiger partial charge in [0.1, 0.15) is 0 Å². The number of carbonyl (C=O) groups is 1. The van der Waals surface area contributed by atoms with Crippen LogP contribution in [0, 0.1) is 0 Å². The molecule has 4 N–H and O–H groups in total. The average molecular weight is 443 g/mol. The summed E-state index contributed by atoms with van der Waals surface area (Å²) in [6.45, 7) is -0.699. The van der Waals surface area contributed by atoms with Crippen LogP contribution in [0.2, 0.25) is 0 Å². The van der Waals surface area contributed by atoms with Crippen LogP contribution in [0.5, 0.6) is 11.5 Å². The van der Waals surface area contributed by atoms with Gasteiger partial charge in [-0.15, -0.1) is 0 Å². The van der Waals surface area contributed by atoms with E-state index in [1.54, 1.807) is 0 Å². The van der Waals surface area contributed by atoms with Crippen LogP contribution in [0.4, 0.5) is 0 Å². The average Bonchev–Trinajstić information content (AvgIpc) is 2.51. The monoisotopic (exact) mass is 443 g/mol. The van der Waals surface area contributed by atoms with Crippen molar-refractivity contribution in [2.45, 2.75) is 11.5 Å². The van der Waals surface area contributed by atoms with Crippen molar-refractivity contribution in [1.82, 2.24) is 5.32 Å². The standard InChI is InChI=1S/C12H19NO10P2.2Na/c1-22-9-5-3-4-8(10(9)23-2)11(14)13-7-6-12(15,24(16,17)18)25(19,20)21;;/h3-5,15H,6-7H2,1-2H3,(H,13,14)(H2,16,17,18)(H2,19,20,21);;/q;2*+1/p-2. The maximum atomic E-state index is 12.1. The molecule has 0 aliphatic heterocycles. The number of hydrogen-bond donors (Lipinski definition) is 4. The van der Waals surface area contributed by atoms with Crippen molar-refractivity contribution >= 4 is 21.1 Å². The third-order valence-corrected chi connectivity index (χ3v) is 7.07. The second kappa shape index (κ2) is 11.7. The van der Waals surface area contributed by atoms with Crippen molar-refractivity contribution < 1.29 is 107 Å². The van der Waals surface area contributed by atoms with Crippen LogP contribution in [-0.2, 0) is 9.13 Å². The predicted octanol–water partition coefficient (Wildman–Crippen LogP) is -7.43. The molecule has 0 aromatic heterocycles. The number of carbonyl (C=O) groups excluding carboxylic acids is 1. The summed E-state index contributed by atoms with van der Waals surface area (Å²) < 4.78 is 32.2. The van der Waals surface area contributed by atoms with Crippen LogP contribution in [0.25, 0.3) is 0 Å². The van der Waals surface area contributed by atoms with Crippen molar-refractivity contribution in [1.29, 1.82) is 0 Å². The summed E-state index contributed by atoms with van der Waals surface area (Å²) in [7, 11) is -9.14. The summed E-state index contributed by atoms with van der Waals surface area (Å²) in [4.78, 5) is 52.0. The van der Waals surface area contributed by atoms with Crippen molar-refractivity contribution in [2.24, 2.45) is 0 Å². The van der Waals surface area contributed by atoms with E-state index in [-0.39, 0.29) is 76.2 Å². The molecule has 2 unspecified atom stereocenters. The number of amides is 1. The van der Waals surface area contributed by atoms with Gasteiger partial charge in [-0.1, -0.05) is 6.07 Å². The molecule has 0 aliphatic rings. The summed E-state index contributed by atoms with van der Waals surface area (Å²) in [5.41, 5.74) is -0.00556. The van der Waals surface area contributed by atoms with Crippen LogP contribution < -0.4 is 83.7 Å². The van der Waals surface area contributed by atoms with Gasteiger partial charge in [-0.3, -0.25) is 4.79 Å². The minimum Gasteiger partial charge on any atom is -0.776 e. The minimum atomic E-state index is -5.89. The number of methoxy groups -OCH3 is 2. The van der Waals surface area contributed by atoms with Crippen LogP contribution in [0.15, 0.2) is 18.2 Å². The van der Waals surface area contributed by atoms with E-state index >= 15 is 0 Å². The Morgan fingerprint density at radius 3 is 2.07 bits per heavy atom. The summed E-state index contributed by atoms with van der Waals surface area (Å²) in [5.74, 6) is -0.480. The number of aliphatic hydroxyl groups is 1. The Balaban J connectivity index is 0. The number of ether oxygens (including phenoxy) is 2. The largest absolute Gasteiger partial charge is 1.00 e. The summed E-state index contributed by atoms with van der Waals surface area (Å²) in [5, 5.41) is 7.94. The Bertz CT molecular complexity index is 713. The van der Waals surface area contributed by atoms with Crippen molar-refractivity contribution in [3.05, 3.63) is 23.8 Å². The van der Waals surface area contributed by atoms with Crippen LogP contribution in [-0.4, -0.2) is 46.6 Å². The van der Waals surface area contributed by atoms with E-state index < -0.39 is 39.1 Å². The van der Waals surface area contributed by atoms with Crippen molar-refractivity contribution in [2.75, 3.05) is 20.8 Å². The van der Waals surface area contributed by atoms with Crippen LogP contribution in [0.1, 0.15) is 16.8 Å². The Hall–Kier alpha value is 0.550. The number of rotatable bonds is 8. The molecular formula is C12H17NNa2O10P2. The molecular weight excluding hydrogens is 426 g/mol. The smallest absolute Gasteiger partial charge is 0.776 e. The molecule has 1 aromatic carbocycles. The van der Waals surface area contributed by atoms with E-state index in [2.05, 4.69) is 5.32 Å². The molecule has 11 nitrogen and oxygen atoms in total. The van der Waals surface area contributed by atoms with Gasteiger partial charge in [0.2, 0.25) is 0 Å². The normalized spacial score (nSPS) is 17.0. The minimum absolute atomic E-state index is 0. The van der Waals surface area contributed by atoms with E-state index in [1.165, 1.54) is 32.4 Å². The van der Waals surface area contributed by atoms with Gasteiger partial charge in [-0.2, -0.15) is 0 Å². The molecule has 1 rings (SSSR count). The predicted molar refractivity (Wildman–Crippen MR) is 81.1 cm³/mol. The van der Waals surface area contributed by atoms with Crippen molar-refractivity contribution in [3.8, 4) is 11.5 Å². The first-order valence-corrected chi connectivity index (χ1v) is 9.84. The molecule has 0 aliphatic carbocycles. The number of para-hydroxylation sites is 1. The summed E-state index contributed by atoms with van der Waals surface area (Å²) >= 11 is 0. The van der Waals surface area contributed by atoms with Gasteiger partial charge in [-0.25, -0.2) is 0 Å². The molecule has 1 aromatic rings. The fourth-order valence-electron chi connectivity index (χ4n) is 1.95. The van der Waals surface area contributed by atoms with Gasteiger partial charge in [0.25, 0.3) is 5.91 Å². The first-order valence-electron chi connectivity index (χ1n) is 6.68. The maximum Gasteiger partial charge on any atom is 1.00 e. The third kappa shape index (κ3) is 7.08. The Kier molecular flexibility index (Phi) is 12.8. The van der Waals surface area contributed by atoms with Gasteiger partial charge in [0.05, 0.1) is 19.8 Å². The summed E-state index contributed by atoms with van der Waals surface area (Å²) in [6.07, 6.45) is -1.19. The van der Waals surface area contributed by atoms with Crippen LogP contribution >= 0.6 is 15.2 Å². The zero-order chi connectivity index (χ0) is 19.5. The SMILES string of the molecule is COc1cccc(C(=O)NCCC(O)(P(=O)([O-])O)P(=O)([O-])O)c1OC.[Na+].[Na+]. The molecule has 0 spiro atoms. The van der Waals surface area contributed by atoms with Gasteiger partial charge in [0, 0.05) is 13.0 Å². The molecule has 0 saturated heterocycles. The first kappa shape index (κ1) is 29.7. The molecule has 0 saturated carbocycles. The number of hydrogen-bond acceptors (Lipinski definition) is 8. The molecule has 27 heavy (non-hydrogen) atoms. The van der Waals surface area contributed by atoms with Gasteiger partial charge in [0.15, 0.2) is 31.8 Å². The molecule has 15 heteroatoms. The molecule has 0 heterocycles. The Morgan fingerprint density at radius 2 is 1.67 bits per heavy atom. The van der Waals surface area contributed by atoms with Gasteiger partial charge >= 0.3 is 59.1 Å². The van der Waals surface area contributed by atoms with E-state index in [9.17, 15) is 28.8 Å². The van der Waals surface area contributed by atoms with E-state index in [4.69, 9.17) is 19.3 Å². The topological polar surface area (TPSA) is 189 Å². The van der Waals surface area contributed by atoms with Crippen LogP contribution in [0.3, 0.4) is 0 Å². The molecule has 2 atom stereocenters. The van der Waals surface area contributed by atoms with Crippen molar-refractivity contribution in [3.63, 3.8) is 0 Å². The molecule has 0 bridgehead atoms. The number of benzene rings is 1. The second-order valence-electron chi connectivity index (χ2n) is 4.86. The first-order chi connectivity index (χ1) is 11.4. The fraction of sp³-hybridized carbons (Fsp3) is 0.417. The third-order valence-electron chi connectivity index (χ3n) is 3.30. The Morgan fingerprint density at radius 1 is 1.15 bits per heavy atom. The molecule has 0 fully saturated rings. The maximum absolute atomic E-state index is 12.1. The molecule has 142 valence electrons. The van der Waals surface area contributed by atoms with E-state index in [0.29, 0.717) is 0 Å². The number of nitrogens with one attached hydrogen (secondary N) is 1. The molecule has 0 radical (unpaired) electrons. The molecule has 1 amide bonds. The summed E-state index contributed by atoms with van der Waals surface area (Å²) in [6, 6.07) is 4.36. The Labute approximate surface area is 199 Å². The van der Waals surface area contributed by atoms with Gasteiger partial charge in [-0.05, 0) is 12.1 Å². The van der Waals surface area contributed by atoms with Gasteiger partial charge < -0.3 is 48.6 Å².